The number of hydrogen-bond acceptors (Lipinski definition) is 4. The molecule has 6 heteroatoms. The monoisotopic (exact) mass is 314 g/mol. The lowest BCUT2D eigenvalue weighted by Gasteiger charge is -2.00. The van der Waals surface area contributed by atoms with Gasteiger partial charge in [0.1, 0.15) is 0 Å². The molecule has 24 heavy (non-hydrogen) atoms. The Balaban J connectivity index is 1.80. The van der Waals surface area contributed by atoms with E-state index in [9.17, 15) is 0 Å². The largest absolute Gasteiger partial charge is 0.240 e. The lowest BCUT2D eigenvalue weighted by atomic mass is 10.1. The predicted molar refractivity (Wildman–Crippen MR) is 92.1 cm³/mol. The summed E-state index contributed by atoms with van der Waals surface area (Å²) in [6.07, 6.45) is 5.79. The van der Waals surface area contributed by atoms with Crippen LogP contribution in [0.5, 0.6) is 0 Å². The van der Waals surface area contributed by atoms with Crippen LogP contribution in [0.25, 0.3) is 29.1 Å². The molecule has 0 unspecified atom stereocenters. The molecule has 6 nitrogen and oxygen atoms in total. The van der Waals surface area contributed by atoms with Crippen molar-refractivity contribution >= 4 is 12.2 Å². The molecule has 4 rings (SSSR count). The van der Waals surface area contributed by atoms with Crippen LogP contribution in [0.1, 0.15) is 11.4 Å². The number of nitrogens with zero attached hydrogens (tertiary/aromatic N) is 5. The molecule has 0 fully saturated rings. The van der Waals surface area contributed by atoms with E-state index in [-0.39, 0.29) is 0 Å². The van der Waals surface area contributed by atoms with Crippen LogP contribution in [0.3, 0.4) is 0 Å². The highest BCUT2D eigenvalue weighted by Gasteiger charge is 2.10. The fourth-order valence-corrected chi connectivity index (χ4v) is 2.45. The number of aromatic amines is 1. The Morgan fingerprint density at radius 2 is 1.62 bits per heavy atom. The van der Waals surface area contributed by atoms with Crippen molar-refractivity contribution in [1.29, 1.82) is 0 Å². The van der Waals surface area contributed by atoms with Gasteiger partial charge >= 0.3 is 0 Å². The van der Waals surface area contributed by atoms with Gasteiger partial charge in [-0.3, -0.25) is 0 Å². The standard InChI is InChI=1S/C18H14N6/c1-3-7-14(8-4-1)18-15(11-12-17-19-22-23-20-17)13-24(21-18)16-9-5-2-6-10-16/h1-13H,(H,19,20,22,23)/b12-11+. The summed E-state index contributed by atoms with van der Waals surface area (Å²) in [7, 11) is 0. The van der Waals surface area contributed by atoms with Gasteiger partial charge in [-0.2, -0.15) is 5.10 Å². The van der Waals surface area contributed by atoms with Crippen molar-refractivity contribution in [2.45, 2.75) is 0 Å². The van der Waals surface area contributed by atoms with Crippen molar-refractivity contribution in [2.24, 2.45) is 0 Å². The molecule has 0 saturated heterocycles. The topological polar surface area (TPSA) is 72.3 Å². The van der Waals surface area contributed by atoms with Crippen molar-refractivity contribution in [1.82, 2.24) is 30.4 Å². The summed E-state index contributed by atoms with van der Waals surface area (Å²) >= 11 is 0. The van der Waals surface area contributed by atoms with Crippen LogP contribution in [0.4, 0.5) is 0 Å². The highest BCUT2D eigenvalue weighted by molar-refractivity contribution is 5.77. The molecule has 0 amide bonds. The van der Waals surface area contributed by atoms with Crippen molar-refractivity contribution < 1.29 is 0 Å². The van der Waals surface area contributed by atoms with Gasteiger partial charge < -0.3 is 0 Å². The third-order valence-electron chi connectivity index (χ3n) is 3.59. The number of nitrogens with one attached hydrogen (secondary N) is 1. The first kappa shape index (κ1) is 14.1. The Bertz CT molecular complexity index is 940. The Morgan fingerprint density at radius 1 is 0.875 bits per heavy atom. The summed E-state index contributed by atoms with van der Waals surface area (Å²) < 4.78 is 1.88. The molecule has 0 spiro atoms. The molecule has 0 aliphatic rings. The molecule has 0 aliphatic heterocycles. The Labute approximate surface area is 138 Å². The molecule has 2 aromatic carbocycles. The van der Waals surface area contributed by atoms with Gasteiger partial charge in [0, 0.05) is 17.3 Å². The normalized spacial score (nSPS) is 11.2. The fourth-order valence-electron chi connectivity index (χ4n) is 2.45. The minimum atomic E-state index is 0.599. The van der Waals surface area contributed by atoms with E-state index in [1.807, 2.05) is 83.7 Å². The van der Waals surface area contributed by atoms with E-state index in [0.29, 0.717) is 5.82 Å². The second kappa shape index (κ2) is 6.29. The zero-order valence-electron chi connectivity index (χ0n) is 12.7. The Morgan fingerprint density at radius 3 is 2.33 bits per heavy atom. The van der Waals surface area contributed by atoms with Crippen LogP contribution >= 0.6 is 0 Å². The van der Waals surface area contributed by atoms with E-state index in [1.54, 1.807) is 0 Å². The maximum absolute atomic E-state index is 4.75. The molecular weight excluding hydrogens is 300 g/mol. The average molecular weight is 314 g/mol. The quantitative estimate of drug-likeness (QED) is 0.628. The summed E-state index contributed by atoms with van der Waals surface area (Å²) in [6.45, 7) is 0. The summed E-state index contributed by atoms with van der Waals surface area (Å²) in [4.78, 5) is 0. The first-order valence-electron chi connectivity index (χ1n) is 7.52. The molecule has 0 atom stereocenters. The lowest BCUT2D eigenvalue weighted by Crippen LogP contribution is -1.93. The highest BCUT2D eigenvalue weighted by Crippen LogP contribution is 2.25. The molecule has 0 radical (unpaired) electrons. The summed E-state index contributed by atoms with van der Waals surface area (Å²) in [5, 5.41) is 18.5. The lowest BCUT2D eigenvalue weighted by molar-refractivity contribution is 0.881. The SMILES string of the molecule is C(=C\c1cn(-c2ccccc2)nc1-c1ccccc1)/c1nnn[nH]1. The first-order chi connectivity index (χ1) is 11.9. The molecule has 2 aromatic heterocycles. The van der Waals surface area contributed by atoms with Gasteiger partial charge in [-0.25, -0.2) is 9.78 Å². The van der Waals surface area contributed by atoms with E-state index >= 15 is 0 Å². The zero-order valence-corrected chi connectivity index (χ0v) is 12.7. The zero-order chi connectivity index (χ0) is 16.2. The van der Waals surface area contributed by atoms with Gasteiger partial charge in [-0.05, 0) is 34.7 Å². The third-order valence-corrected chi connectivity index (χ3v) is 3.59. The number of hydrogen-bond donors (Lipinski definition) is 1. The maximum atomic E-state index is 4.75. The predicted octanol–water partition coefficient (Wildman–Crippen LogP) is 3.22. The van der Waals surface area contributed by atoms with Crippen molar-refractivity contribution in [3.63, 3.8) is 0 Å². The molecular formula is C18H14N6. The highest BCUT2D eigenvalue weighted by atomic mass is 15.5. The van der Waals surface area contributed by atoms with Crippen molar-refractivity contribution in [3.8, 4) is 16.9 Å². The van der Waals surface area contributed by atoms with Gasteiger partial charge in [0.05, 0.1) is 11.4 Å². The van der Waals surface area contributed by atoms with Crippen LogP contribution in [-0.2, 0) is 0 Å². The third kappa shape index (κ3) is 2.85. The smallest absolute Gasteiger partial charge is 0.172 e. The minimum absolute atomic E-state index is 0.599. The molecule has 0 aliphatic carbocycles. The Hall–Kier alpha value is -3.54. The van der Waals surface area contributed by atoms with E-state index in [0.717, 1.165) is 22.5 Å². The molecule has 2 heterocycles. The summed E-state index contributed by atoms with van der Waals surface area (Å²) in [5.41, 5.74) is 3.96. The Kier molecular flexibility index (Phi) is 3.69. The van der Waals surface area contributed by atoms with Gasteiger partial charge in [0.15, 0.2) is 5.82 Å². The molecule has 116 valence electrons. The number of H-pyrrole nitrogens is 1. The van der Waals surface area contributed by atoms with Crippen LogP contribution in [0, 0.1) is 0 Å². The van der Waals surface area contributed by atoms with Crippen LogP contribution in [0.15, 0.2) is 66.9 Å². The fraction of sp³-hybridized carbons (Fsp3) is 0. The van der Waals surface area contributed by atoms with Crippen molar-refractivity contribution in [3.05, 3.63) is 78.2 Å². The minimum Gasteiger partial charge on any atom is -0.240 e. The second-order valence-corrected chi connectivity index (χ2v) is 5.20. The summed E-state index contributed by atoms with van der Waals surface area (Å²) in [5.74, 6) is 0.599. The number of tetrazole rings is 1. The van der Waals surface area contributed by atoms with Gasteiger partial charge in [0.25, 0.3) is 0 Å². The van der Waals surface area contributed by atoms with Gasteiger partial charge in [-0.15, -0.1) is 5.10 Å². The molecule has 1 N–H and O–H groups in total. The number of aromatic nitrogens is 6. The molecule has 0 bridgehead atoms. The van der Waals surface area contributed by atoms with E-state index in [4.69, 9.17) is 5.10 Å². The van der Waals surface area contributed by atoms with E-state index < -0.39 is 0 Å². The molecule has 4 aromatic rings. The van der Waals surface area contributed by atoms with Gasteiger partial charge in [-0.1, -0.05) is 48.5 Å². The molecule has 0 saturated carbocycles. The van der Waals surface area contributed by atoms with Crippen LogP contribution < -0.4 is 0 Å². The van der Waals surface area contributed by atoms with Crippen LogP contribution in [0.2, 0.25) is 0 Å². The van der Waals surface area contributed by atoms with E-state index in [2.05, 4.69) is 20.6 Å². The van der Waals surface area contributed by atoms with Gasteiger partial charge in [0.2, 0.25) is 0 Å². The maximum Gasteiger partial charge on any atom is 0.172 e. The first-order valence-corrected chi connectivity index (χ1v) is 7.52. The van der Waals surface area contributed by atoms with Crippen molar-refractivity contribution in [2.75, 3.05) is 0 Å². The summed E-state index contributed by atoms with van der Waals surface area (Å²) in [6, 6.07) is 20.1. The number of para-hydroxylation sites is 1. The second-order valence-electron chi connectivity index (χ2n) is 5.20. The van der Waals surface area contributed by atoms with Crippen LogP contribution in [-0.4, -0.2) is 30.4 Å². The number of benzene rings is 2. The number of rotatable bonds is 4. The van der Waals surface area contributed by atoms with E-state index in [1.165, 1.54) is 0 Å². The average Bonchev–Trinajstić information content (AvgIpc) is 3.31.